The highest BCUT2D eigenvalue weighted by Crippen LogP contribution is 2.38. The molecule has 0 amide bonds. The summed E-state index contributed by atoms with van der Waals surface area (Å²) in [6.45, 7) is 15.7. The van der Waals surface area contributed by atoms with Crippen molar-refractivity contribution in [1.82, 2.24) is 14.1 Å². The number of rotatable bonds is 4. The molecule has 1 aliphatic heterocycles. The Morgan fingerprint density at radius 3 is 2.28 bits per heavy atom. The summed E-state index contributed by atoms with van der Waals surface area (Å²) in [6, 6.07) is 0.128. The first kappa shape index (κ1) is 20.4. The quantitative estimate of drug-likeness (QED) is 0.883. The number of aryl methyl sites for hydroxylation is 1. The molecule has 0 aromatic carbocycles. The van der Waals surface area contributed by atoms with E-state index in [9.17, 15) is 8.42 Å². The molecule has 1 aromatic heterocycles. The lowest BCUT2D eigenvalue weighted by Crippen LogP contribution is -2.49. The summed E-state index contributed by atoms with van der Waals surface area (Å²) in [5, 5.41) is 4.46. The van der Waals surface area contributed by atoms with Crippen LogP contribution >= 0.6 is 0 Å². The Bertz CT molecular complexity index is 716. The Balaban J connectivity index is 2.45. The third-order valence-electron chi connectivity index (χ3n) is 5.41. The van der Waals surface area contributed by atoms with Crippen LogP contribution < -0.4 is 5.73 Å². The average Bonchev–Trinajstić information content (AvgIpc) is 2.81. The predicted octanol–water partition coefficient (Wildman–Crippen LogP) is 2.71. The molecule has 1 aliphatic rings. The van der Waals surface area contributed by atoms with E-state index in [1.165, 1.54) is 0 Å². The fraction of sp³-hybridized carbons (Fsp3) is 0.833. The summed E-state index contributed by atoms with van der Waals surface area (Å²) in [5.74, 6) is 0.499. The third kappa shape index (κ3) is 3.93. The van der Waals surface area contributed by atoms with Crippen LogP contribution in [0.1, 0.15) is 58.5 Å². The zero-order chi connectivity index (χ0) is 19.2. The molecule has 7 heteroatoms. The van der Waals surface area contributed by atoms with Gasteiger partial charge in [-0.3, -0.25) is 4.68 Å². The van der Waals surface area contributed by atoms with Gasteiger partial charge in [0.2, 0.25) is 10.0 Å². The molecule has 25 heavy (non-hydrogen) atoms. The van der Waals surface area contributed by atoms with Crippen LogP contribution in [0.3, 0.4) is 0 Å². The Morgan fingerprint density at radius 2 is 1.84 bits per heavy atom. The van der Waals surface area contributed by atoms with Crippen molar-refractivity contribution in [3.05, 3.63) is 11.4 Å². The smallest absolute Gasteiger partial charge is 0.246 e. The molecule has 0 spiro atoms. The van der Waals surface area contributed by atoms with Crippen LogP contribution in [0.2, 0.25) is 0 Å². The van der Waals surface area contributed by atoms with Crippen molar-refractivity contribution < 1.29 is 8.42 Å². The Kier molecular flexibility index (Phi) is 5.71. The normalized spacial score (nSPS) is 23.4. The minimum Gasteiger partial charge on any atom is -0.330 e. The molecule has 2 rings (SSSR count). The zero-order valence-electron chi connectivity index (χ0n) is 16.7. The molecule has 0 aliphatic carbocycles. The Morgan fingerprint density at radius 1 is 1.24 bits per heavy atom. The largest absolute Gasteiger partial charge is 0.330 e. The Hall–Kier alpha value is -0.920. The van der Waals surface area contributed by atoms with Crippen LogP contribution in [0.4, 0.5) is 0 Å². The molecule has 6 nitrogen and oxygen atoms in total. The summed E-state index contributed by atoms with van der Waals surface area (Å²) in [7, 11) is -3.58. The molecular weight excluding hydrogens is 336 g/mol. The van der Waals surface area contributed by atoms with Gasteiger partial charge in [0.05, 0.1) is 11.4 Å². The van der Waals surface area contributed by atoms with Gasteiger partial charge in [0, 0.05) is 19.1 Å². The van der Waals surface area contributed by atoms with E-state index >= 15 is 0 Å². The molecule has 0 bridgehead atoms. The van der Waals surface area contributed by atoms with Crippen molar-refractivity contribution in [1.29, 1.82) is 0 Å². The van der Waals surface area contributed by atoms with Crippen LogP contribution in [-0.2, 0) is 10.0 Å². The second kappa shape index (κ2) is 7.00. The van der Waals surface area contributed by atoms with Crippen molar-refractivity contribution in [2.75, 3.05) is 19.6 Å². The number of hydrogen-bond donors (Lipinski definition) is 1. The van der Waals surface area contributed by atoms with E-state index in [4.69, 9.17) is 5.73 Å². The first-order valence-electron chi connectivity index (χ1n) is 9.15. The lowest BCUT2D eigenvalue weighted by Gasteiger charge is -2.42. The van der Waals surface area contributed by atoms with Crippen LogP contribution in [-0.4, -0.2) is 42.1 Å². The minimum atomic E-state index is -3.58. The van der Waals surface area contributed by atoms with E-state index < -0.39 is 10.0 Å². The fourth-order valence-electron chi connectivity index (χ4n) is 3.81. The third-order valence-corrected chi connectivity index (χ3v) is 7.49. The monoisotopic (exact) mass is 370 g/mol. The molecule has 2 heterocycles. The van der Waals surface area contributed by atoms with Crippen LogP contribution in [0, 0.1) is 31.1 Å². The summed E-state index contributed by atoms with van der Waals surface area (Å²) in [6.07, 6.45) is 0.981. The van der Waals surface area contributed by atoms with Gasteiger partial charge in [-0.1, -0.05) is 20.8 Å². The SMILES string of the molecule is Cc1nn(C(C)C)c(C)c1S(=O)(=O)N1C[C@@H](CN)C[C@@H](C(C)(C)C)C1. The zero-order valence-corrected chi connectivity index (χ0v) is 17.5. The molecule has 2 atom stereocenters. The molecule has 144 valence electrons. The number of piperidine rings is 1. The molecule has 2 N–H and O–H groups in total. The van der Waals surface area contributed by atoms with Gasteiger partial charge in [-0.15, -0.1) is 0 Å². The lowest BCUT2D eigenvalue weighted by atomic mass is 9.74. The highest BCUT2D eigenvalue weighted by molar-refractivity contribution is 7.89. The van der Waals surface area contributed by atoms with Crippen molar-refractivity contribution in [2.45, 2.75) is 65.8 Å². The van der Waals surface area contributed by atoms with E-state index in [1.807, 2.05) is 20.8 Å². The number of aromatic nitrogens is 2. The maximum absolute atomic E-state index is 13.4. The van der Waals surface area contributed by atoms with E-state index in [2.05, 4.69) is 25.9 Å². The summed E-state index contributed by atoms with van der Waals surface area (Å²) in [4.78, 5) is 0.367. The molecule has 1 fully saturated rings. The van der Waals surface area contributed by atoms with Gasteiger partial charge in [-0.25, -0.2) is 8.42 Å². The molecular formula is C18H34N4O2S. The molecule has 0 unspecified atom stereocenters. The highest BCUT2D eigenvalue weighted by Gasteiger charge is 2.40. The van der Waals surface area contributed by atoms with Crippen LogP contribution in [0.15, 0.2) is 4.90 Å². The fourth-order valence-corrected chi connectivity index (χ4v) is 5.73. The number of nitrogens with two attached hydrogens (primary N) is 1. The van der Waals surface area contributed by atoms with E-state index in [0.29, 0.717) is 36.1 Å². The predicted molar refractivity (Wildman–Crippen MR) is 101 cm³/mol. The summed E-state index contributed by atoms with van der Waals surface area (Å²) in [5.41, 5.74) is 7.26. The highest BCUT2D eigenvalue weighted by atomic mass is 32.2. The molecule has 0 radical (unpaired) electrons. The molecule has 1 saturated heterocycles. The van der Waals surface area contributed by atoms with E-state index in [1.54, 1.807) is 15.9 Å². The number of sulfonamides is 1. The van der Waals surface area contributed by atoms with Gasteiger partial charge in [0.15, 0.2) is 0 Å². The lowest BCUT2D eigenvalue weighted by molar-refractivity contribution is 0.112. The van der Waals surface area contributed by atoms with Gasteiger partial charge in [0.25, 0.3) is 0 Å². The standard InChI is InChI=1S/C18H34N4O2S/c1-12(2)22-14(4)17(13(3)20-22)25(23,24)21-10-15(9-19)8-16(11-21)18(5,6)7/h12,15-16H,8-11,19H2,1-7H3/t15-,16-/m1/s1. The Labute approximate surface area is 152 Å². The van der Waals surface area contributed by atoms with Gasteiger partial charge >= 0.3 is 0 Å². The molecule has 1 aromatic rings. The number of nitrogens with zero attached hydrogens (tertiary/aromatic N) is 3. The first-order chi connectivity index (χ1) is 11.4. The average molecular weight is 371 g/mol. The number of hydrogen-bond acceptors (Lipinski definition) is 4. The van der Waals surface area contributed by atoms with E-state index in [0.717, 1.165) is 12.1 Å². The van der Waals surface area contributed by atoms with Crippen molar-refractivity contribution in [2.24, 2.45) is 23.0 Å². The van der Waals surface area contributed by atoms with Crippen LogP contribution in [0.25, 0.3) is 0 Å². The second-order valence-corrected chi connectivity index (χ2v) is 10.6. The summed E-state index contributed by atoms with van der Waals surface area (Å²) >= 11 is 0. The van der Waals surface area contributed by atoms with Gasteiger partial charge in [-0.2, -0.15) is 9.40 Å². The van der Waals surface area contributed by atoms with Gasteiger partial charge < -0.3 is 5.73 Å². The van der Waals surface area contributed by atoms with Crippen molar-refractivity contribution in [3.63, 3.8) is 0 Å². The maximum atomic E-state index is 13.4. The minimum absolute atomic E-state index is 0.0494. The first-order valence-corrected chi connectivity index (χ1v) is 10.6. The van der Waals surface area contributed by atoms with Gasteiger partial charge in [0.1, 0.15) is 4.90 Å². The maximum Gasteiger partial charge on any atom is 0.246 e. The van der Waals surface area contributed by atoms with Crippen molar-refractivity contribution >= 4 is 10.0 Å². The summed E-state index contributed by atoms with van der Waals surface area (Å²) < 4.78 is 30.3. The molecule has 0 saturated carbocycles. The van der Waals surface area contributed by atoms with Crippen LogP contribution in [0.5, 0.6) is 0 Å². The topological polar surface area (TPSA) is 81.2 Å². The second-order valence-electron chi connectivity index (χ2n) is 8.76. The van der Waals surface area contributed by atoms with Crippen molar-refractivity contribution in [3.8, 4) is 0 Å². The van der Waals surface area contributed by atoms with E-state index in [-0.39, 0.29) is 17.4 Å². The van der Waals surface area contributed by atoms with Gasteiger partial charge in [-0.05, 0) is 57.9 Å².